The minimum atomic E-state index is -2.07. The van der Waals surface area contributed by atoms with Crippen LogP contribution in [0.25, 0.3) is 0 Å². The number of hydrogen-bond donors (Lipinski definition) is 0. The molecule has 2 aromatic rings. The zero-order valence-electron chi connectivity index (χ0n) is 38.9. The van der Waals surface area contributed by atoms with Crippen LogP contribution < -0.4 is 10.6 Å². The summed E-state index contributed by atoms with van der Waals surface area (Å²) in [5.41, 5.74) is 1.64. The van der Waals surface area contributed by atoms with E-state index in [-0.39, 0.29) is 12.0 Å². The van der Waals surface area contributed by atoms with E-state index >= 15 is 0 Å². The van der Waals surface area contributed by atoms with Crippen molar-refractivity contribution in [2.45, 2.75) is 192 Å². The molecule has 2 aliphatic heterocycles. The van der Waals surface area contributed by atoms with E-state index in [1.165, 1.54) is 92.3 Å². The largest absolute Gasteiger partial charge is 0.547 e. The Labute approximate surface area is 356 Å². The van der Waals surface area contributed by atoms with Crippen molar-refractivity contribution in [3.8, 4) is 0 Å². The number of fused-ring (bicyclic) bond motifs is 6. The molecule has 0 radical (unpaired) electrons. The van der Waals surface area contributed by atoms with Gasteiger partial charge in [0.2, 0.25) is 8.32 Å². The molecule has 1 saturated heterocycles. The quantitative estimate of drug-likeness (QED) is 0.186. The second-order valence-electron chi connectivity index (χ2n) is 20.8. The second kappa shape index (κ2) is 19.9. The molecule has 5 rings (SSSR count). The minimum Gasteiger partial charge on any atom is -0.547 e. The molecule has 0 amide bonds. The minimum absolute atomic E-state index is 0.182. The molecule has 1 saturated carbocycles. The third kappa shape index (κ3) is 12.0. The fourth-order valence-corrected chi connectivity index (χ4v) is 28.1. The first-order chi connectivity index (χ1) is 26.8. The maximum Gasteiger partial charge on any atom is 0.244 e. The van der Waals surface area contributed by atoms with Crippen LogP contribution in [0.4, 0.5) is 0 Å². The molecule has 2 aromatic carbocycles. The average molecular weight is 867 g/mol. The van der Waals surface area contributed by atoms with Gasteiger partial charge in [-0.05, 0) is 146 Å². The molecule has 320 valence electrons. The molecular weight excluding hydrogens is 782 g/mol. The summed E-state index contributed by atoms with van der Waals surface area (Å²) in [6.45, 7) is 29.5. The van der Waals surface area contributed by atoms with Gasteiger partial charge in [0.1, 0.15) is 0 Å². The van der Waals surface area contributed by atoms with E-state index in [4.69, 9.17) is 13.3 Å². The van der Waals surface area contributed by atoms with Crippen LogP contribution in [0.15, 0.2) is 72.0 Å². The molecule has 4 unspecified atom stereocenters. The molecular formula is C48H84NO3PSi4. The lowest BCUT2D eigenvalue weighted by Gasteiger charge is -2.48. The highest BCUT2D eigenvalue weighted by molar-refractivity contribution is 7.73. The fourth-order valence-electron chi connectivity index (χ4n) is 11.4. The van der Waals surface area contributed by atoms with E-state index in [0.717, 1.165) is 24.4 Å². The van der Waals surface area contributed by atoms with Crippen LogP contribution in [0.3, 0.4) is 0 Å². The molecule has 1 aliphatic carbocycles. The van der Waals surface area contributed by atoms with Gasteiger partial charge in [-0.15, -0.1) is 0 Å². The summed E-state index contributed by atoms with van der Waals surface area (Å²) in [5, 5.41) is 3.11. The molecule has 57 heavy (non-hydrogen) atoms. The highest BCUT2D eigenvalue weighted by atomic mass is 31.1. The topological polar surface area (TPSA) is 30.9 Å². The van der Waals surface area contributed by atoms with Crippen LogP contribution in [-0.2, 0) is 13.3 Å². The SMILES string of the molecule is CC/C1=C(\C)C2(C)O[Si](C)(C)CCC[Si](CN(C)[C@@H](C)[C@H]3CCC[C@H]3P(c3ccccc3)c3ccccc3)(CCC[Si](C)(C)O1)CCC[Si](C)(C)OC(CC)C2C. The van der Waals surface area contributed by atoms with Crippen LogP contribution in [0, 0.1) is 11.8 Å². The first kappa shape index (κ1) is 47.2. The van der Waals surface area contributed by atoms with Gasteiger partial charge in [-0.2, -0.15) is 0 Å². The predicted molar refractivity (Wildman–Crippen MR) is 261 cm³/mol. The van der Waals surface area contributed by atoms with Crippen molar-refractivity contribution in [2.75, 3.05) is 13.2 Å². The number of nitrogens with zero attached hydrogens (tertiary/aromatic N) is 1. The Kier molecular flexibility index (Phi) is 16.5. The Morgan fingerprint density at radius 3 is 1.81 bits per heavy atom. The van der Waals surface area contributed by atoms with Gasteiger partial charge < -0.3 is 18.2 Å². The molecule has 4 nitrogen and oxygen atoms in total. The lowest BCUT2D eigenvalue weighted by atomic mass is 9.79. The monoisotopic (exact) mass is 866 g/mol. The average Bonchev–Trinajstić information content (AvgIpc) is 3.64. The van der Waals surface area contributed by atoms with Gasteiger partial charge in [0.25, 0.3) is 0 Å². The summed E-state index contributed by atoms with van der Waals surface area (Å²) >= 11 is 0. The van der Waals surface area contributed by atoms with Gasteiger partial charge in [0, 0.05) is 18.4 Å². The zero-order valence-corrected chi connectivity index (χ0v) is 43.8. The van der Waals surface area contributed by atoms with Crippen LogP contribution in [0.1, 0.15) is 92.9 Å². The Balaban J connectivity index is 1.52. The summed E-state index contributed by atoms with van der Waals surface area (Å²) in [7, 11) is -5.62. The summed E-state index contributed by atoms with van der Waals surface area (Å²) in [5.74, 6) is 2.17. The van der Waals surface area contributed by atoms with E-state index in [1.807, 2.05) is 0 Å². The van der Waals surface area contributed by atoms with E-state index in [9.17, 15) is 0 Å². The fraction of sp³-hybridized carbons (Fsp3) is 0.708. The van der Waals surface area contributed by atoms with Crippen molar-refractivity contribution >= 4 is 51.6 Å². The maximum atomic E-state index is 7.71. The van der Waals surface area contributed by atoms with Gasteiger partial charge in [-0.25, -0.2) is 0 Å². The van der Waals surface area contributed by atoms with E-state index in [0.29, 0.717) is 6.04 Å². The van der Waals surface area contributed by atoms with Gasteiger partial charge in [-0.1, -0.05) is 125 Å². The van der Waals surface area contributed by atoms with Crippen molar-refractivity contribution in [1.29, 1.82) is 0 Å². The molecule has 2 bridgehead atoms. The lowest BCUT2D eigenvalue weighted by Crippen LogP contribution is -2.54. The number of benzene rings is 2. The molecule has 2 fully saturated rings. The maximum absolute atomic E-state index is 7.71. The predicted octanol–water partition coefficient (Wildman–Crippen LogP) is 13.3. The Morgan fingerprint density at radius 1 is 0.754 bits per heavy atom. The third-order valence-corrected chi connectivity index (χ3v) is 30.8. The Morgan fingerprint density at radius 2 is 1.28 bits per heavy atom. The highest BCUT2D eigenvalue weighted by Crippen LogP contribution is 2.52. The number of rotatable bonds is 9. The molecule has 7 atom stereocenters. The van der Waals surface area contributed by atoms with Crippen LogP contribution >= 0.6 is 7.92 Å². The van der Waals surface area contributed by atoms with Gasteiger partial charge in [0.05, 0.1) is 25.5 Å². The lowest BCUT2D eigenvalue weighted by molar-refractivity contribution is -0.0105. The summed E-state index contributed by atoms with van der Waals surface area (Å²) in [6, 6.07) is 31.7. The first-order valence-corrected chi connectivity index (χ1v) is 36.8. The smallest absolute Gasteiger partial charge is 0.244 e. The molecule has 0 N–H and O–H groups in total. The number of allylic oxidation sites excluding steroid dienone is 1. The van der Waals surface area contributed by atoms with E-state index in [1.54, 1.807) is 10.6 Å². The summed E-state index contributed by atoms with van der Waals surface area (Å²) in [4.78, 5) is 2.93. The van der Waals surface area contributed by atoms with E-state index < -0.39 is 46.5 Å². The number of hydrogen-bond acceptors (Lipinski definition) is 4. The summed E-state index contributed by atoms with van der Waals surface area (Å²) < 4.78 is 22.4. The molecule has 0 aromatic heterocycles. The Bertz CT molecular complexity index is 1550. The van der Waals surface area contributed by atoms with Crippen molar-refractivity contribution in [2.24, 2.45) is 11.8 Å². The van der Waals surface area contributed by atoms with Gasteiger partial charge >= 0.3 is 0 Å². The normalized spacial score (nSPS) is 33.3. The Hall–Kier alpha value is -0.842. The van der Waals surface area contributed by atoms with Gasteiger partial charge in [0.15, 0.2) is 16.6 Å². The summed E-state index contributed by atoms with van der Waals surface area (Å²) in [6.07, 6.45) is 11.5. The van der Waals surface area contributed by atoms with Crippen LogP contribution in [0.5, 0.6) is 0 Å². The van der Waals surface area contributed by atoms with Crippen LogP contribution in [0.2, 0.25) is 75.5 Å². The third-order valence-electron chi connectivity index (χ3n) is 15.0. The van der Waals surface area contributed by atoms with E-state index in [2.05, 4.69) is 153 Å². The zero-order chi connectivity index (χ0) is 41.6. The van der Waals surface area contributed by atoms with Crippen molar-refractivity contribution < 1.29 is 13.3 Å². The van der Waals surface area contributed by atoms with Crippen molar-refractivity contribution in [3.05, 3.63) is 72.0 Å². The molecule has 9 heteroatoms. The van der Waals surface area contributed by atoms with Crippen molar-refractivity contribution in [3.63, 3.8) is 0 Å². The van der Waals surface area contributed by atoms with Crippen LogP contribution in [-0.4, -0.2) is 74.5 Å². The first-order valence-electron chi connectivity index (χ1n) is 23.2. The standard InChI is InChI=1S/C48H84NO3PSi4/c1-14-45-39(3)48(6)40(4)46(15-2)51-55(10,11)33-24-36-57(35-23-32-54(8,9)50-45,37-25-34-56(12,13)52-48)38-49(7)41(5)44-30-22-31-47(44)53(42-26-18-16-19-27-42)43-28-20-17-21-29-43/h16-21,26-29,39,41,44-45,47H,14-15,22-25,30-38H2,1-13H3/b46-40-/t39?,41-,44+,45?,47+,48?,57?/m0/s1. The van der Waals surface area contributed by atoms with Crippen molar-refractivity contribution in [1.82, 2.24) is 4.90 Å². The highest BCUT2D eigenvalue weighted by Gasteiger charge is 2.48. The van der Waals surface area contributed by atoms with Gasteiger partial charge in [-0.3, -0.25) is 0 Å². The second-order valence-corrected chi connectivity index (χ2v) is 40.7. The molecule has 3 aliphatic rings. The molecule has 2 heterocycles. The molecule has 0 spiro atoms.